The van der Waals surface area contributed by atoms with Crippen molar-refractivity contribution in [2.75, 3.05) is 13.2 Å². The molecule has 0 spiro atoms. The standard InChI is InChI=1S/C10H11BrF3NO/c11-8-3-1-2-7(4-8)9(5-16)15-6-10(12,13)14/h1-4,9,15-16H,5-6H2. The molecule has 16 heavy (non-hydrogen) atoms. The van der Waals surface area contributed by atoms with Crippen molar-refractivity contribution in [2.45, 2.75) is 12.2 Å². The van der Waals surface area contributed by atoms with Gasteiger partial charge in [0.25, 0.3) is 0 Å². The van der Waals surface area contributed by atoms with Gasteiger partial charge in [-0.15, -0.1) is 0 Å². The molecule has 1 unspecified atom stereocenters. The molecule has 0 saturated heterocycles. The number of hydrogen-bond donors (Lipinski definition) is 2. The summed E-state index contributed by atoms with van der Waals surface area (Å²) in [6.07, 6.45) is -4.28. The Labute approximate surface area is 99.6 Å². The molecule has 2 nitrogen and oxygen atoms in total. The highest BCUT2D eigenvalue weighted by atomic mass is 79.9. The van der Waals surface area contributed by atoms with Crippen LogP contribution in [0.3, 0.4) is 0 Å². The van der Waals surface area contributed by atoms with Crippen LogP contribution in [0.25, 0.3) is 0 Å². The molecule has 1 rings (SSSR count). The summed E-state index contributed by atoms with van der Waals surface area (Å²) in [6.45, 7) is -1.50. The molecule has 1 aromatic rings. The van der Waals surface area contributed by atoms with Crippen LogP contribution in [0.4, 0.5) is 13.2 Å². The van der Waals surface area contributed by atoms with E-state index in [9.17, 15) is 13.2 Å². The summed E-state index contributed by atoms with van der Waals surface area (Å²) < 4.78 is 36.7. The second-order valence-corrected chi connectivity index (χ2v) is 4.20. The van der Waals surface area contributed by atoms with Crippen molar-refractivity contribution in [2.24, 2.45) is 0 Å². The Kier molecular flexibility index (Phi) is 4.76. The monoisotopic (exact) mass is 297 g/mol. The molecule has 0 amide bonds. The molecule has 0 fully saturated rings. The van der Waals surface area contributed by atoms with Gasteiger partial charge in [-0.25, -0.2) is 0 Å². The van der Waals surface area contributed by atoms with E-state index in [4.69, 9.17) is 5.11 Å². The van der Waals surface area contributed by atoms with Gasteiger partial charge in [0.15, 0.2) is 0 Å². The number of aliphatic hydroxyl groups excluding tert-OH is 1. The van der Waals surface area contributed by atoms with Crippen molar-refractivity contribution >= 4 is 15.9 Å². The number of benzene rings is 1. The third-order valence-electron chi connectivity index (χ3n) is 1.98. The van der Waals surface area contributed by atoms with Gasteiger partial charge >= 0.3 is 6.18 Å². The van der Waals surface area contributed by atoms with E-state index in [-0.39, 0.29) is 6.61 Å². The van der Waals surface area contributed by atoms with Crippen molar-refractivity contribution in [3.05, 3.63) is 34.3 Å². The van der Waals surface area contributed by atoms with Gasteiger partial charge in [0.2, 0.25) is 0 Å². The lowest BCUT2D eigenvalue weighted by molar-refractivity contribution is -0.126. The lowest BCUT2D eigenvalue weighted by atomic mass is 10.1. The van der Waals surface area contributed by atoms with Gasteiger partial charge in [-0.2, -0.15) is 13.2 Å². The predicted molar refractivity (Wildman–Crippen MR) is 58.0 cm³/mol. The second kappa shape index (κ2) is 5.65. The van der Waals surface area contributed by atoms with Crippen molar-refractivity contribution in [1.29, 1.82) is 0 Å². The van der Waals surface area contributed by atoms with Crippen LogP contribution >= 0.6 is 15.9 Å². The minimum atomic E-state index is -4.28. The predicted octanol–water partition coefficient (Wildman–Crippen LogP) is 2.63. The lowest BCUT2D eigenvalue weighted by Crippen LogP contribution is -2.33. The summed E-state index contributed by atoms with van der Waals surface area (Å²) in [5.74, 6) is 0. The van der Waals surface area contributed by atoms with Crippen LogP contribution in [0.5, 0.6) is 0 Å². The maximum absolute atomic E-state index is 12.0. The molecular formula is C10H11BrF3NO. The maximum atomic E-state index is 12.0. The summed E-state index contributed by atoms with van der Waals surface area (Å²) in [5, 5.41) is 11.3. The Hall–Kier alpha value is -0.590. The maximum Gasteiger partial charge on any atom is 0.401 e. The van der Waals surface area contributed by atoms with Crippen molar-refractivity contribution in [3.8, 4) is 0 Å². The molecule has 0 aliphatic heterocycles. The smallest absolute Gasteiger partial charge is 0.394 e. The first-order valence-electron chi connectivity index (χ1n) is 4.59. The van der Waals surface area contributed by atoms with Crippen molar-refractivity contribution in [3.63, 3.8) is 0 Å². The minimum Gasteiger partial charge on any atom is -0.394 e. The fraction of sp³-hybridized carbons (Fsp3) is 0.400. The third-order valence-corrected chi connectivity index (χ3v) is 2.48. The number of hydrogen-bond acceptors (Lipinski definition) is 2. The van der Waals surface area contributed by atoms with Crippen LogP contribution in [-0.2, 0) is 0 Å². The lowest BCUT2D eigenvalue weighted by Gasteiger charge is -2.18. The highest BCUT2D eigenvalue weighted by Crippen LogP contribution is 2.20. The van der Waals surface area contributed by atoms with Gasteiger partial charge in [-0.3, -0.25) is 5.32 Å². The van der Waals surface area contributed by atoms with Crippen LogP contribution in [0.15, 0.2) is 28.7 Å². The molecule has 0 bridgehead atoms. The zero-order chi connectivity index (χ0) is 12.2. The Bertz CT molecular complexity index is 343. The summed E-state index contributed by atoms with van der Waals surface area (Å²) >= 11 is 3.22. The topological polar surface area (TPSA) is 32.3 Å². The summed E-state index contributed by atoms with van der Waals surface area (Å²) in [5.41, 5.74) is 0.612. The van der Waals surface area contributed by atoms with Gasteiger partial charge < -0.3 is 5.11 Å². The first-order chi connectivity index (χ1) is 7.42. The molecule has 2 N–H and O–H groups in total. The molecule has 0 aromatic heterocycles. The van der Waals surface area contributed by atoms with Gasteiger partial charge in [0, 0.05) is 4.47 Å². The molecule has 0 heterocycles. The summed E-state index contributed by atoms with van der Waals surface area (Å²) in [4.78, 5) is 0. The van der Waals surface area contributed by atoms with Gasteiger partial charge in [-0.05, 0) is 17.7 Å². The number of halogens is 4. The Morgan fingerprint density at radius 1 is 1.38 bits per heavy atom. The van der Waals surface area contributed by atoms with Gasteiger partial charge in [0.05, 0.1) is 19.2 Å². The zero-order valence-electron chi connectivity index (χ0n) is 8.26. The fourth-order valence-electron chi connectivity index (χ4n) is 1.25. The van der Waals surface area contributed by atoms with Crippen LogP contribution in [0.1, 0.15) is 11.6 Å². The number of nitrogens with one attached hydrogen (secondary N) is 1. The van der Waals surface area contributed by atoms with Gasteiger partial charge in [0.1, 0.15) is 0 Å². The van der Waals surface area contributed by atoms with Crippen LogP contribution in [0, 0.1) is 0 Å². The highest BCUT2D eigenvalue weighted by molar-refractivity contribution is 9.10. The first kappa shape index (κ1) is 13.5. The number of alkyl halides is 3. The SMILES string of the molecule is OCC(NCC(F)(F)F)c1cccc(Br)c1. The van der Waals surface area contributed by atoms with E-state index in [1.807, 2.05) is 0 Å². The van der Waals surface area contributed by atoms with Crippen molar-refractivity contribution in [1.82, 2.24) is 5.32 Å². The van der Waals surface area contributed by atoms with Crippen LogP contribution in [-0.4, -0.2) is 24.4 Å². The molecule has 0 aliphatic carbocycles. The minimum absolute atomic E-state index is 0.382. The Morgan fingerprint density at radius 2 is 2.06 bits per heavy atom. The van der Waals surface area contributed by atoms with E-state index >= 15 is 0 Å². The van der Waals surface area contributed by atoms with E-state index < -0.39 is 18.8 Å². The average molecular weight is 298 g/mol. The van der Waals surface area contributed by atoms with E-state index in [0.29, 0.717) is 5.56 Å². The Morgan fingerprint density at radius 3 is 2.56 bits per heavy atom. The number of aliphatic hydroxyl groups is 1. The largest absolute Gasteiger partial charge is 0.401 e. The van der Waals surface area contributed by atoms with E-state index in [0.717, 1.165) is 4.47 Å². The molecule has 0 aliphatic rings. The van der Waals surface area contributed by atoms with Crippen LogP contribution in [0.2, 0.25) is 0 Å². The summed E-state index contributed by atoms with van der Waals surface area (Å²) in [6, 6.07) is 6.09. The third kappa shape index (κ3) is 4.51. The molecule has 6 heteroatoms. The summed E-state index contributed by atoms with van der Waals surface area (Å²) in [7, 11) is 0. The average Bonchev–Trinajstić information content (AvgIpc) is 2.17. The first-order valence-corrected chi connectivity index (χ1v) is 5.38. The molecule has 0 saturated carbocycles. The van der Waals surface area contributed by atoms with Crippen molar-refractivity contribution < 1.29 is 18.3 Å². The quantitative estimate of drug-likeness (QED) is 0.895. The fourth-order valence-corrected chi connectivity index (χ4v) is 1.67. The Balaban J connectivity index is 2.68. The molecule has 1 atom stereocenters. The molecular weight excluding hydrogens is 287 g/mol. The molecule has 1 aromatic carbocycles. The number of rotatable bonds is 4. The molecule has 90 valence electrons. The second-order valence-electron chi connectivity index (χ2n) is 3.29. The van der Waals surface area contributed by atoms with Gasteiger partial charge in [-0.1, -0.05) is 28.1 Å². The molecule has 0 radical (unpaired) electrons. The normalized spacial score (nSPS) is 13.8. The highest BCUT2D eigenvalue weighted by Gasteiger charge is 2.28. The van der Waals surface area contributed by atoms with Crippen LogP contribution < -0.4 is 5.32 Å². The van der Waals surface area contributed by atoms with E-state index in [1.54, 1.807) is 24.3 Å². The van der Waals surface area contributed by atoms with E-state index in [1.165, 1.54) is 0 Å². The van der Waals surface area contributed by atoms with E-state index in [2.05, 4.69) is 21.2 Å². The zero-order valence-corrected chi connectivity index (χ0v) is 9.85.